The zero-order valence-corrected chi connectivity index (χ0v) is 11.7. The van der Waals surface area contributed by atoms with Crippen LogP contribution in [0.15, 0.2) is 30.3 Å². The van der Waals surface area contributed by atoms with Crippen LogP contribution in [-0.4, -0.2) is 23.2 Å². The number of carbonyl (C=O) groups is 1. The van der Waals surface area contributed by atoms with E-state index < -0.39 is 11.8 Å². The van der Waals surface area contributed by atoms with E-state index in [1.807, 2.05) is 6.92 Å². The molecule has 0 aliphatic rings. The Morgan fingerprint density at radius 1 is 1.38 bits per heavy atom. The fraction of sp³-hybridized carbons (Fsp3) is 0.200. The lowest BCUT2D eigenvalue weighted by molar-refractivity contribution is 0.0696. The van der Waals surface area contributed by atoms with Gasteiger partial charge in [0.25, 0.3) is 0 Å². The number of methoxy groups -OCH3 is 1. The molecule has 1 heterocycles. The zero-order chi connectivity index (χ0) is 15.4. The number of ether oxygens (including phenoxy) is 1. The molecule has 2 rings (SSSR count). The normalized spacial score (nSPS) is 10.2. The van der Waals surface area contributed by atoms with Gasteiger partial charge in [-0.3, -0.25) is 0 Å². The lowest BCUT2D eigenvalue weighted by Gasteiger charge is -2.10. The first-order valence-corrected chi connectivity index (χ1v) is 6.38. The number of aromatic carboxylic acids is 1. The third-order valence-corrected chi connectivity index (χ3v) is 2.91. The Labute approximate surface area is 121 Å². The van der Waals surface area contributed by atoms with Gasteiger partial charge in [0.15, 0.2) is 11.6 Å². The topological polar surface area (TPSA) is 71.5 Å². The third kappa shape index (κ3) is 3.47. The molecule has 110 valence electrons. The molecule has 2 N–H and O–H groups in total. The first kappa shape index (κ1) is 14.8. The minimum absolute atomic E-state index is 0.137. The van der Waals surface area contributed by atoms with E-state index in [0.717, 1.165) is 0 Å². The van der Waals surface area contributed by atoms with Crippen molar-refractivity contribution in [1.29, 1.82) is 0 Å². The van der Waals surface area contributed by atoms with Crippen molar-refractivity contribution < 1.29 is 19.0 Å². The molecule has 0 aliphatic carbocycles. The maximum atomic E-state index is 13.6. The molecule has 0 saturated heterocycles. The fourth-order valence-corrected chi connectivity index (χ4v) is 1.85. The minimum atomic E-state index is -1.03. The number of carboxylic acid groups (broad SMARTS) is 1. The van der Waals surface area contributed by atoms with Crippen LogP contribution in [0.5, 0.6) is 5.75 Å². The molecule has 1 aromatic heterocycles. The Morgan fingerprint density at radius 2 is 2.14 bits per heavy atom. The maximum Gasteiger partial charge on any atom is 0.335 e. The number of rotatable bonds is 5. The van der Waals surface area contributed by atoms with Crippen molar-refractivity contribution >= 4 is 17.5 Å². The number of hydrogen-bond donors (Lipinski definition) is 2. The summed E-state index contributed by atoms with van der Waals surface area (Å²) in [4.78, 5) is 15.4. The molecule has 6 heteroatoms. The molecule has 0 amide bonds. The van der Waals surface area contributed by atoms with E-state index >= 15 is 0 Å². The number of pyridine rings is 1. The smallest absolute Gasteiger partial charge is 0.335 e. The van der Waals surface area contributed by atoms with Gasteiger partial charge in [-0.05, 0) is 30.7 Å². The van der Waals surface area contributed by atoms with Crippen molar-refractivity contribution in [3.05, 3.63) is 47.4 Å². The molecule has 0 bridgehead atoms. The van der Waals surface area contributed by atoms with Gasteiger partial charge in [0.1, 0.15) is 5.82 Å². The van der Waals surface area contributed by atoms with Crippen molar-refractivity contribution in [3.63, 3.8) is 0 Å². The Hall–Kier alpha value is -2.63. The van der Waals surface area contributed by atoms with Gasteiger partial charge < -0.3 is 15.2 Å². The van der Waals surface area contributed by atoms with Crippen LogP contribution in [0, 0.1) is 5.82 Å². The van der Waals surface area contributed by atoms with E-state index in [9.17, 15) is 9.18 Å². The van der Waals surface area contributed by atoms with E-state index in [1.165, 1.54) is 31.4 Å². The van der Waals surface area contributed by atoms with Gasteiger partial charge in [0, 0.05) is 17.4 Å². The monoisotopic (exact) mass is 290 g/mol. The van der Waals surface area contributed by atoms with Gasteiger partial charge in [-0.1, -0.05) is 6.92 Å². The lowest BCUT2D eigenvalue weighted by atomic mass is 10.2. The molecule has 1 aromatic carbocycles. The molecule has 0 fully saturated rings. The molecule has 0 aliphatic heterocycles. The number of aryl methyl sites for hydroxylation is 1. The highest BCUT2D eigenvalue weighted by molar-refractivity contribution is 5.88. The van der Waals surface area contributed by atoms with Crippen molar-refractivity contribution in [1.82, 2.24) is 4.98 Å². The molecule has 5 nitrogen and oxygen atoms in total. The van der Waals surface area contributed by atoms with Crippen LogP contribution in [0.4, 0.5) is 15.9 Å². The van der Waals surface area contributed by atoms with Crippen LogP contribution in [-0.2, 0) is 6.42 Å². The number of halogens is 1. The summed E-state index contributed by atoms with van der Waals surface area (Å²) in [5.41, 5.74) is 1.25. The second kappa shape index (κ2) is 6.21. The van der Waals surface area contributed by atoms with Gasteiger partial charge in [-0.15, -0.1) is 0 Å². The van der Waals surface area contributed by atoms with Crippen molar-refractivity contribution in [2.24, 2.45) is 0 Å². The second-order valence-corrected chi connectivity index (χ2v) is 4.37. The predicted molar refractivity (Wildman–Crippen MR) is 76.8 cm³/mol. The van der Waals surface area contributed by atoms with Gasteiger partial charge in [-0.2, -0.15) is 0 Å². The molecule has 0 saturated carbocycles. The average Bonchev–Trinajstić information content (AvgIpc) is 2.47. The first-order chi connectivity index (χ1) is 10.0. The van der Waals surface area contributed by atoms with E-state index in [4.69, 9.17) is 9.84 Å². The first-order valence-electron chi connectivity index (χ1n) is 6.38. The number of nitrogens with one attached hydrogen (secondary N) is 1. The van der Waals surface area contributed by atoms with Gasteiger partial charge >= 0.3 is 5.97 Å². The third-order valence-electron chi connectivity index (χ3n) is 2.91. The number of anilines is 2. The highest BCUT2D eigenvalue weighted by Crippen LogP contribution is 2.23. The SMILES string of the molecule is CCc1cc(C(=O)O)cc(Nc2ccc(OC)c(F)c2)n1. The molecule has 0 atom stereocenters. The molecule has 2 aromatic rings. The summed E-state index contributed by atoms with van der Waals surface area (Å²) < 4.78 is 18.5. The summed E-state index contributed by atoms with van der Waals surface area (Å²) in [6.07, 6.45) is 0.604. The molecular weight excluding hydrogens is 275 g/mol. The lowest BCUT2D eigenvalue weighted by Crippen LogP contribution is -2.03. The summed E-state index contributed by atoms with van der Waals surface area (Å²) >= 11 is 0. The number of benzene rings is 1. The summed E-state index contributed by atoms with van der Waals surface area (Å²) in [5.74, 6) is -1.04. The van der Waals surface area contributed by atoms with Crippen molar-refractivity contribution in [2.45, 2.75) is 13.3 Å². The summed E-state index contributed by atoms with van der Waals surface area (Å²) in [6.45, 7) is 1.88. The molecule has 0 unspecified atom stereocenters. The Kier molecular flexibility index (Phi) is 4.37. The molecule has 0 spiro atoms. The standard InChI is InChI=1S/C15H15FN2O3/c1-3-10-6-9(15(19)20)7-14(17-10)18-11-4-5-13(21-2)12(16)8-11/h4-8H,3H2,1-2H3,(H,17,18)(H,19,20). The van der Waals surface area contributed by atoms with Crippen LogP contribution in [0.25, 0.3) is 0 Å². The Bertz CT molecular complexity index is 674. The minimum Gasteiger partial charge on any atom is -0.494 e. The molecular formula is C15H15FN2O3. The zero-order valence-electron chi connectivity index (χ0n) is 11.7. The van der Waals surface area contributed by atoms with Gasteiger partial charge in [0.05, 0.1) is 12.7 Å². The summed E-state index contributed by atoms with van der Waals surface area (Å²) in [6, 6.07) is 7.30. The maximum absolute atomic E-state index is 13.6. The quantitative estimate of drug-likeness (QED) is 0.884. The van der Waals surface area contributed by atoms with E-state index in [1.54, 1.807) is 6.07 Å². The fourth-order valence-electron chi connectivity index (χ4n) is 1.85. The largest absolute Gasteiger partial charge is 0.494 e. The number of aromatic nitrogens is 1. The van der Waals surface area contributed by atoms with Gasteiger partial charge in [0.2, 0.25) is 0 Å². The van der Waals surface area contributed by atoms with E-state index in [0.29, 0.717) is 23.6 Å². The predicted octanol–water partition coefficient (Wildman–Crippen LogP) is 3.23. The van der Waals surface area contributed by atoms with Crippen molar-refractivity contribution in [2.75, 3.05) is 12.4 Å². The average molecular weight is 290 g/mol. The van der Waals surface area contributed by atoms with Crippen LogP contribution in [0.3, 0.4) is 0 Å². The van der Waals surface area contributed by atoms with Crippen LogP contribution >= 0.6 is 0 Å². The highest BCUT2D eigenvalue weighted by Gasteiger charge is 2.09. The highest BCUT2D eigenvalue weighted by atomic mass is 19.1. The summed E-state index contributed by atoms with van der Waals surface area (Å²) in [5, 5.41) is 12.0. The molecule has 21 heavy (non-hydrogen) atoms. The Morgan fingerprint density at radius 3 is 2.71 bits per heavy atom. The van der Waals surface area contributed by atoms with Crippen LogP contribution in [0.2, 0.25) is 0 Å². The van der Waals surface area contributed by atoms with Gasteiger partial charge in [-0.25, -0.2) is 14.2 Å². The summed E-state index contributed by atoms with van der Waals surface area (Å²) in [7, 11) is 1.39. The number of nitrogens with zero attached hydrogens (tertiary/aromatic N) is 1. The van der Waals surface area contributed by atoms with Crippen molar-refractivity contribution in [3.8, 4) is 5.75 Å². The van der Waals surface area contributed by atoms with Crippen LogP contribution in [0.1, 0.15) is 23.0 Å². The van der Waals surface area contributed by atoms with E-state index in [2.05, 4.69) is 10.3 Å². The Balaban J connectivity index is 2.32. The molecule has 0 radical (unpaired) electrons. The number of carboxylic acids is 1. The van der Waals surface area contributed by atoms with E-state index in [-0.39, 0.29) is 11.3 Å². The second-order valence-electron chi connectivity index (χ2n) is 4.37. The van der Waals surface area contributed by atoms with Crippen LogP contribution < -0.4 is 10.1 Å². The number of hydrogen-bond acceptors (Lipinski definition) is 4.